The fourth-order valence-electron chi connectivity index (χ4n) is 3.54. The van der Waals surface area contributed by atoms with Crippen molar-refractivity contribution in [2.75, 3.05) is 13.1 Å². The Hall–Kier alpha value is -3.10. The molecular formula is C18H22N8O. The number of imidazole rings is 1. The van der Waals surface area contributed by atoms with Gasteiger partial charge < -0.3 is 14.0 Å². The Morgan fingerprint density at radius 3 is 2.89 bits per heavy atom. The fourth-order valence-corrected chi connectivity index (χ4v) is 3.54. The van der Waals surface area contributed by atoms with Crippen LogP contribution in [0, 0.1) is 6.92 Å². The van der Waals surface area contributed by atoms with Crippen LogP contribution in [-0.2, 0) is 13.6 Å². The van der Waals surface area contributed by atoms with E-state index in [2.05, 4.69) is 25.4 Å². The van der Waals surface area contributed by atoms with Gasteiger partial charge in [0.2, 0.25) is 0 Å². The topological polar surface area (TPSA) is 94.6 Å². The molecule has 1 aliphatic rings. The van der Waals surface area contributed by atoms with Gasteiger partial charge in [0.1, 0.15) is 11.6 Å². The lowest BCUT2D eigenvalue weighted by atomic mass is 9.97. The summed E-state index contributed by atoms with van der Waals surface area (Å²) in [7, 11) is 1.99. The molecule has 0 saturated carbocycles. The molecule has 0 aromatic carbocycles. The number of nitrogens with zero attached hydrogens (tertiary/aromatic N) is 8. The average Bonchev–Trinajstić information content (AvgIpc) is 3.28. The van der Waals surface area contributed by atoms with Crippen LogP contribution >= 0.6 is 0 Å². The van der Waals surface area contributed by atoms with Gasteiger partial charge in [-0.2, -0.15) is 5.10 Å². The molecule has 1 fully saturated rings. The Labute approximate surface area is 157 Å². The second-order valence-electron chi connectivity index (χ2n) is 6.84. The second kappa shape index (κ2) is 7.26. The summed E-state index contributed by atoms with van der Waals surface area (Å²) in [5.74, 6) is 2.82. The summed E-state index contributed by atoms with van der Waals surface area (Å²) in [6, 6.07) is 3.43. The maximum atomic E-state index is 12.7. The van der Waals surface area contributed by atoms with E-state index >= 15 is 0 Å². The number of hydrogen-bond donors (Lipinski definition) is 0. The van der Waals surface area contributed by atoms with Gasteiger partial charge in [-0.3, -0.25) is 4.79 Å². The fraction of sp³-hybridized carbons (Fsp3) is 0.444. The van der Waals surface area contributed by atoms with E-state index in [9.17, 15) is 4.79 Å². The Morgan fingerprint density at radius 2 is 2.15 bits per heavy atom. The van der Waals surface area contributed by atoms with E-state index in [0.29, 0.717) is 18.8 Å². The molecule has 1 atom stereocenters. The summed E-state index contributed by atoms with van der Waals surface area (Å²) >= 11 is 0. The monoisotopic (exact) mass is 366 g/mol. The summed E-state index contributed by atoms with van der Waals surface area (Å²) in [6.07, 6.45) is 7.20. The molecule has 0 radical (unpaired) electrons. The summed E-state index contributed by atoms with van der Waals surface area (Å²) < 4.78 is 4.08. The number of likely N-dealkylation sites (tertiary alicyclic amines) is 1. The van der Waals surface area contributed by atoms with Crippen molar-refractivity contribution in [1.82, 2.24) is 39.4 Å². The maximum absolute atomic E-state index is 12.7. The minimum atomic E-state index is -0.0794. The first-order valence-electron chi connectivity index (χ1n) is 9.06. The maximum Gasteiger partial charge on any atom is 0.274 e. The van der Waals surface area contributed by atoms with Crippen LogP contribution in [0.2, 0.25) is 0 Å². The van der Waals surface area contributed by atoms with E-state index in [4.69, 9.17) is 0 Å². The molecular weight excluding hydrogens is 344 g/mol. The molecule has 140 valence electrons. The highest BCUT2D eigenvalue weighted by Crippen LogP contribution is 2.26. The number of aryl methyl sites for hydroxylation is 1. The third-order valence-corrected chi connectivity index (χ3v) is 5.10. The summed E-state index contributed by atoms with van der Waals surface area (Å²) in [4.78, 5) is 18.8. The van der Waals surface area contributed by atoms with Crippen LogP contribution in [0.25, 0.3) is 0 Å². The Morgan fingerprint density at radius 1 is 1.26 bits per heavy atom. The molecule has 9 nitrogen and oxygen atoms in total. The van der Waals surface area contributed by atoms with Gasteiger partial charge in [-0.05, 0) is 31.9 Å². The first-order chi connectivity index (χ1) is 13.1. The minimum Gasteiger partial charge on any atom is -0.337 e. The number of carbonyl (C=O) groups excluding carboxylic acids is 1. The van der Waals surface area contributed by atoms with Crippen molar-refractivity contribution in [3.63, 3.8) is 0 Å². The number of amides is 1. The van der Waals surface area contributed by atoms with Gasteiger partial charge in [0, 0.05) is 44.6 Å². The van der Waals surface area contributed by atoms with E-state index in [0.717, 1.165) is 36.9 Å². The number of carbonyl (C=O) groups is 1. The van der Waals surface area contributed by atoms with Gasteiger partial charge in [-0.25, -0.2) is 4.98 Å². The van der Waals surface area contributed by atoms with Crippen LogP contribution in [0.4, 0.5) is 0 Å². The van der Waals surface area contributed by atoms with E-state index in [1.165, 1.54) is 0 Å². The quantitative estimate of drug-likeness (QED) is 0.688. The molecule has 0 unspecified atom stereocenters. The predicted octanol–water partition coefficient (Wildman–Crippen LogP) is 1.18. The Balaban J connectivity index is 1.50. The summed E-state index contributed by atoms with van der Waals surface area (Å²) in [6.45, 7) is 3.94. The van der Waals surface area contributed by atoms with E-state index in [1.54, 1.807) is 24.5 Å². The molecule has 1 amide bonds. The molecule has 3 aromatic rings. The molecule has 0 bridgehead atoms. The van der Waals surface area contributed by atoms with Crippen molar-refractivity contribution >= 4 is 5.91 Å². The van der Waals surface area contributed by atoms with E-state index < -0.39 is 0 Å². The lowest BCUT2D eigenvalue weighted by Crippen LogP contribution is -2.40. The predicted molar refractivity (Wildman–Crippen MR) is 97.0 cm³/mol. The number of rotatable bonds is 4. The zero-order valence-electron chi connectivity index (χ0n) is 15.5. The van der Waals surface area contributed by atoms with Crippen LogP contribution in [0.5, 0.6) is 0 Å². The molecule has 1 aliphatic heterocycles. The van der Waals surface area contributed by atoms with Crippen LogP contribution in [0.3, 0.4) is 0 Å². The van der Waals surface area contributed by atoms with Gasteiger partial charge in [-0.15, -0.1) is 15.3 Å². The van der Waals surface area contributed by atoms with Gasteiger partial charge in [-0.1, -0.05) is 0 Å². The van der Waals surface area contributed by atoms with E-state index in [-0.39, 0.29) is 11.8 Å². The largest absolute Gasteiger partial charge is 0.337 e. The van der Waals surface area contributed by atoms with Gasteiger partial charge in [0.25, 0.3) is 5.91 Å². The molecule has 0 N–H and O–H groups in total. The number of piperidine rings is 1. The standard InChI is InChI=1S/C18H22N8O/c1-13-19-8-10-25(13)12-16-22-23-17(24(16)2)14-5-4-9-26(11-14)18(27)15-6-3-7-20-21-15/h3,6-8,10,14H,4-5,9,11-12H2,1-2H3/t14-/m1/s1. The molecule has 4 heterocycles. The van der Waals surface area contributed by atoms with Gasteiger partial charge >= 0.3 is 0 Å². The molecule has 0 spiro atoms. The Kier molecular flexibility index (Phi) is 4.66. The third kappa shape index (κ3) is 3.44. The third-order valence-electron chi connectivity index (χ3n) is 5.10. The van der Waals surface area contributed by atoms with Crippen LogP contribution in [0.1, 0.15) is 46.7 Å². The number of aromatic nitrogens is 7. The van der Waals surface area contributed by atoms with Crippen LogP contribution < -0.4 is 0 Å². The van der Waals surface area contributed by atoms with Crippen molar-refractivity contribution in [3.05, 3.63) is 53.9 Å². The van der Waals surface area contributed by atoms with Crippen molar-refractivity contribution in [2.45, 2.75) is 32.2 Å². The van der Waals surface area contributed by atoms with Crippen LogP contribution in [0.15, 0.2) is 30.7 Å². The van der Waals surface area contributed by atoms with Crippen LogP contribution in [-0.4, -0.2) is 58.4 Å². The highest BCUT2D eigenvalue weighted by molar-refractivity contribution is 5.92. The number of hydrogen-bond acceptors (Lipinski definition) is 6. The average molecular weight is 366 g/mol. The highest BCUT2D eigenvalue weighted by atomic mass is 16.2. The van der Waals surface area contributed by atoms with Crippen molar-refractivity contribution in [2.24, 2.45) is 7.05 Å². The first kappa shape index (κ1) is 17.3. The van der Waals surface area contributed by atoms with Crippen molar-refractivity contribution < 1.29 is 4.79 Å². The molecule has 1 saturated heterocycles. The normalized spacial score (nSPS) is 17.3. The van der Waals surface area contributed by atoms with Crippen molar-refractivity contribution in [1.29, 1.82) is 0 Å². The minimum absolute atomic E-state index is 0.0794. The van der Waals surface area contributed by atoms with Gasteiger partial charge in [0.05, 0.1) is 6.54 Å². The zero-order valence-corrected chi connectivity index (χ0v) is 15.5. The second-order valence-corrected chi connectivity index (χ2v) is 6.84. The first-order valence-corrected chi connectivity index (χ1v) is 9.06. The SMILES string of the molecule is Cc1nccn1Cc1nnc([C@@H]2CCCN(C(=O)c3cccnn3)C2)n1C. The molecule has 9 heteroatoms. The molecule has 3 aromatic heterocycles. The smallest absolute Gasteiger partial charge is 0.274 e. The molecule has 0 aliphatic carbocycles. The zero-order chi connectivity index (χ0) is 18.8. The summed E-state index contributed by atoms with van der Waals surface area (Å²) in [5, 5.41) is 16.5. The van der Waals surface area contributed by atoms with Crippen molar-refractivity contribution in [3.8, 4) is 0 Å². The van der Waals surface area contributed by atoms with E-state index in [1.807, 2.05) is 34.2 Å². The Bertz CT molecular complexity index is 932. The molecule has 27 heavy (non-hydrogen) atoms. The molecule has 4 rings (SSSR count). The lowest BCUT2D eigenvalue weighted by Gasteiger charge is -2.31. The summed E-state index contributed by atoms with van der Waals surface area (Å²) in [5.41, 5.74) is 0.382. The van der Waals surface area contributed by atoms with Gasteiger partial charge in [0.15, 0.2) is 11.5 Å². The lowest BCUT2D eigenvalue weighted by molar-refractivity contribution is 0.0696. The highest BCUT2D eigenvalue weighted by Gasteiger charge is 2.29.